The van der Waals surface area contributed by atoms with Crippen LogP contribution in [0.3, 0.4) is 0 Å². The van der Waals surface area contributed by atoms with Gasteiger partial charge in [-0.05, 0) is 42.9 Å². The van der Waals surface area contributed by atoms with Crippen LogP contribution in [-0.4, -0.2) is 41.6 Å². The molecule has 0 radical (unpaired) electrons. The predicted molar refractivity (Wildman–Crippen MR) is 83.6 cm³/mol. The Morgan fingerprint density at radius 3 is 2.73 bits per heavy atom. The molecular weight excluding hydrogens is 350 g/mol. The van der Waals surface area contributed by atoms with Gasteiger partial charge in [-0.1, -0.05) is 22.0 Å². The van der Waals surface area contributed by atoms with Crippen LogP contribution in [0, 0.1) is 17.8 Å². The number of hydrogen-bond acceptors (Lipinski definition) is 3. The molecule has 6 heteroatoms. The van der Waals surface area contributed by atoms with Gasteiger partial charge in [0.05, 0.1) is 5.92 Å². The van der Waals surface area contributed by atoms with Crippen molar-refractivity contribution < 1.29 is 19.4 Å². The third-order valence-corrected chi connectivity index (χ3v) is 4.91. The second-order valence-electron chi connectivity index (χ2n) is 5.99. The SMILES string of the molecule is O=C(O)[C@H]1CN(C(=O)COc2cccc(Br)c2)C[C@@H]1C1CC1. The Kier molecular flexibility index (Phi) is 4.38. The van der Waals surface area contributed by atoms with Gasteiger partial charge in [-0.2, -0.15) is 0 Å². The van der Waals surface area contributed by atoms with E-state index < -0.39 is 11.9 Å². The van der Waals surface area contributed by atoms with Crippen LogP contribution in [0.15, 0.2) is 28.7 Å². The zero-order valence-corrected chi connectivity index (χ0v) is 13.7. The topological polar surface area (TPSA) is 66.8 Å². The van der Waals surface area contributed by atoms with Gasteiger partial charge in [-0.15, -0.1) is 0 Å². The minimum atomic E-state index is -0.792. The number of amides is 1. The van der Waals surface area contributed by atoms with Crippen LogP contribution in [0.1, 0.15) is 12.8 Å². The molecule has 1 N–H and O–H groups in total. The van der Waals surface area contributed by atoms with Gasteiger partial charge in [0.2, 0.25) is 0 Å². The zero-order chi connectivity index (χ0) is 15.7. The number of aliphatic carboxylic acids is 1. The largest absolute Gasteiger partial charge is 0.484 e. The third kappa shape index (κ3) is 3.43. The fourth-order valence-corrected chi connectivity index (χ4v) is 3.47. The zero-order valence-electron chi connectivity index (χ0n) is 12.1. The van der Waals surface area contributed by atoms with Gasteiger partial charge in [0, 0.05) is 17.6 Å². The average Bonchev–Trinajstić information content (AvgIpc) is 3.23. The minimum Gasteiger partial charge on any atom is -0.484 e. The maximum Gasteiger partial charge on any atom is 0.308 e. The number of carbonyl (C=O) groups is 2. The Morgan fingerprint density at radius 2 is 2.09 bits per heavy atom. The van der Waals surface area contributed by atoms with Crippen LogP contribution >= 0.6 is 15.9 Å². The van der Waals surface area contributed by atoms with E-state index in [1.807, 2.05) is 12.1 Å². The Bertz CT molecular complexity index is 587. The van der Waals surface area contributed by atoms with Crippen LogP contribution in [0.25, 0.3) is 0 Å². The van der Waals surface area contributed by atoms with Gasteiger partial charge < -0.3 is 14.7 Å². The Hall–Kier alpha value is -1.56. The molecule has 5 nitrogen and oxygen atoms in total. The standard InChI is InChI=1S/C16H18BrNO4/c17-11-2-1-3-12(6-11)22-9-15(19)18-7-13(10-4-5-10)14(8-18)16(20)21/h1-3,6,10,13-14H,4-5,7-9H2,(H,20,21)/t13-,14+/m1/s1. The van der Waals surface area contributed by atoms with Crippen molar-refractivity contribution in [2.45, 2.75) is 12.8 Å². The highest BCUT2D eigenvalue weighted by Gasteiger charge is 2.46. The molecule has 22 heavy (non-hydrogen) atoms. The third-order valence-electron chi connectivity index (χ3n) is 4.42. The first kappa shape index (κ1) is 15.3. The summed E-state index contributed by atoms with van der Waals surface area (Å²) in [6.07, 6.45) is 2.18. The fraction of sp³-hybridized carbons (Fsp3) is 0.500. The van der Waals surface area contributed by atoms with Crippen LogP contribution < -0.4 is 4.74 Å². The summed E-state index contributed by atoms with van der Waals surface area (Å²) in [7, 11) is 0. The highest BCUT2D eigenvalue weighted by Crippen LogP contribution is 2.44. The Labute approximate surface area is 137 Å². The minimum absolute atomic E-state index is 0.0554. The molecule has 0 spiro atoms. The lowest BCUT2D eigenvalue weighted by atomic mass is 9.92. The molecule has 0 aromatic heterocycles. The molecule has 1 heterocycles. The molecule has 0 bridgehead atoms. The molecule has 1 aliphatic heterocycles. The van der Waals surface area contributed by atoms with E-state index in [-0.39, 0.29) is 18.4 Å². The molecule has 1 saturated carbocycles. The van der Waals surface area contributed by atoms with Gasteiger partial charge in [0.25, 0.3) is 5.91 Å². The lowest BCUT2D eigenvalue weighted by molar-refractivity contribution is -0.142. The first-order valence-electron chi connectivity index (χ1n) is 7.43. The van der Waals surface area contributed by atoms with E-state index in [0.29, 0.717) is 24.8 Å². The van der Waals surface area contributed by atoms with E-state index in [9.17, 15) is 14.7 Å². The van der Waals surface area contributed by atoms with Gasteiger partial charge in [0.1, 0.15) is 5.75 Å². The monoisotopic (exact) mass is 367 g/mol. The van der Waals surface area contributed by atoms with Crippen molar-refractivity contribution in [3.8, 4) is 5.75 Å². The molecule has 0 unspecified atom stereocenters. The van der Waals surface area contributed by atoms with Crippen molar-refractivity contribution in [2.24, 2.45) is 17.8 Å². The van der Waals surface area contributed by atoms with E-state index in [0.717, 1.165) is 17.3 Å². The van der Waals surface area contributed by atoms with E-state index in [4.69, 9.17) is 4.74 Å². The van der Waals surface area contributed by atoms with Crippen LogP contribution in [0.4, 0.5) is 0 Å². The molecular formula is C16H18BrNO4. The number of halogens is 1. The number of carbonyl (C=O) groups excluding carboxylic acids is 1. The van der Waals surface area contributed by atoms with E-state index in [2.05, 4.69) is 15.9 Å². The number of rotatable bonds is 5. The van der Waals surface area contributed by atoms with Crippen molar-refractivity contribution >= 4 is 27.8 Å². The highest BCUT2D eigenvalue weighted by molar-refractivity contribution is 9.10. The van der Waals surface area contributed by atoms with Gasteiger partial charge in [0.15, 0.2) is 6.61 Å². The van der Waals surface area contributed by atoms with Crippen LogP contribution in [-0.2, 0) is 9.59 Å². The van der Waals surface area contributed by atoms with Gasteiger partial charge in [-0.3, -0.25) is 9.59 Å². The van der Waals surface area contributed by atoms with E-state index in [1.54, 1.807) is 17.0 Å². The van der Waals surface area contributed by atoms with E-state index >= 15 is 0 Å². The maximum atomic E-state index is 12.3. The molecule has 1 aliphatic carbocycles. The molecule has 2 aliphatic rings. The van der Waals surface area contributed by atoms with Crippen molar-refractivity contribution in [3.63, 3.8) is 0 Å². The maximum absolute atomic E-state index is 12.3. The lowest BCUT2D eigenvalue weighted by Gasteiger charge is -2.16. The number of hydrogen-bond donors (Lipinski definition) is 1. The number of benzene rings is 1. The second-order valence-corrected chi connectivity index (χ2v) is 6.91. The van der Waals surface area contributed by atoms with Crippen LogP contribution in [0.2, 0.25) is 0 Å². The quantitative estimate of drug-likeness (QED) is 0.867. The van der Waals surface area contributed by atoms with Crippen molar-refractivity contribution in [2.75, 3.05) is 19.7 Å². The number of carboxylic acid groups (broad SMARTS) is 1. The molecule has 3 rings (SSSR count). The number of ether oxygens (including phenoxy) is 1. The smallest absolute Gasteiger partial charge is 0.308 e. The van der Waals surface area contributed by atoms with Crippen molar-refractivity contribution in [1.29, 1.82) is 0 Å². The van der Waals surface area contributed by atoms with Crippen molar-refractivity contribution in [1.82, 2.24) is 4.90 Å². The summed E-state index contributed by atoms with van der Waals surface area (Å²) in [5.74, 6) is -0.163. The lowest BCUT2D eigenvalue weighted by Crippen LogP contribution is -2.33. The molecule has 1 aromatic rings. The summed E-state index contributed by atoms with van der Waals surface area (Å²) >= 11 is 3.35. The van der Waals surface area contributed by atoms with Crippen LogP contribution in [0.5, 0.6) is 5.75 Å². The normalized spacial score (nSPS) is 24.3. The van der Waals surface area contributed by atoms with Crippen molar-refractivity contribution in [3.05, 3.63) is 28.7 Å². The number of carboxylic acids is 1. The Balaban J connectivity index is 1.57. The average molecular weight is 368 g/mol. The number of likely N-dealkylation sites (tertiary alicyclic amines) is 1. The molecule has 2 atom stereocenters. The first-order chi connectivity index (χ1) is 10.5. The summed E-state index contributed by atoms with van der Waals surface area (Å²) in [4.78, 5) is 25.2. The summed E-state index contributed by atoms with van der Waals surface area (Å²) in [6.45, 7) is 0.791. The molecule has 1 amide bonds. The summed E-state index contributed by atoms with van der Waals surface area (Å²) in [5, 5.41) is 9.32. The summed E-state index contributed by atoms with van der Waals surface area (Å²) in [6, 6.07) is 7.30. The molecule has 118 valence electrons. The molecule has 1 aromatic carbocycles. The van der Waals surface area contributed by atoms with Gasteiger partial charge in [-0.25, -0.2) is 0 Å². The highest BCUT2D eigenvalue weighted by atomic mass is 79.9. The summed E-state index contributed by atoms with van der Waals surface area (Å²) in [5.41, 5.74) is 0. The Morgan fingerprint density at radius 1 is 1.32 bits per heavy atom. The molecule has 1 saturated heterocycles. The van der Waals surface area contributed by atoms with Gasteiger partial charge >= 0.3 is 5.97 Å². The summed E-state index contributed by atoms with van der Waals surface area (Å²) < 4.78 is 6.39. The fourth-order valence-electron chi connectivity index (χ4n) is 3.09. The molecule has 2 fully saturated rings. The first-order valence-corrected chi connectivity index (χ1v) is 8.23. The van der Waals surface area contributed by atoms with E-state index in [1.165, 1.54) is 0 Å². The predicted octanol–water partition coefficient (Wildman–Crippen LogP) is 2.40. The second kappa shape index (κ2) is 6.28. The number of nitrogens with zero attached hydrogens (tertiary/aromatic N) is 1.